The summed E-state index contributed by atoms with van der Waals surface area (Å²) in [5, 5.41) is 0.661. The monoisotopic (exact) mass is 313 g/mol. The molecule has 0 atom stereocenters. The fourth-order valence-electron chi connectivity index (χ4n) is 4.59. The third-order valence-electron chi connectivity index (χ3n) is 5.94. The Morgan fingerprint density at radius 1 is 0.826 bits per heavy atom. The third-order valence-corrected chi connectivity index (χ3v) is 5.94. The minimum Gasteiger partial charge on any atom is -0.0885 e. The molecule has 0 unspecified atom stereocenters. The Labute approximate surface area is 146 Å². The minimum absolute atomic E-state index is 0.661. The maximum absolute atomic E-state index is 2.78. The van der Waals surface area contributed by atoms with Crippen molar-refractivity contribution in [2.24, 2.45) is 0 Å². The molecule has 2 fully saturated rings. The summed E-state index contributed by atoms with van der Waals surface area (Å²) >= 11 is 0. The van der Waals surface area contributed by atoms with Gasteiger partial charge in [0, 0.05) is 0 Å². The van der Waals surface area contributed by atoms with Crippen molar-refractivity contribution in [3.63, 3.8) is 0 Å². The Bertz CT molecular complexity index is 345. The SMILES string of the molecule is CCCC/C=C/CC/C=C/CCCCC12[B]C(CCC1)CCC2. The summed E-state index contributed by atoms with van der Waals surface area (Å²) in [7, 11) is 2.78. The zero-order chi connectivity index (χ0) is 16.2. The number of allylic oxidation sites excluding steroid dienone is 4. The molecule has 0 aromatic heterocycles. The van der Waals surface area contributed by atoms with Gasteiger partial charge in [-0.15, -0.1) is 0 Å². The summed E-state index contributed by atoms with van der Waals surface area (Å²) in [5.41, 5.74) is 0. The van der Waals surface area contributed by atoms with Crippen LogP contribution in [0.2, 0.25) is 11.1 Å². The molecule has 0 aromatic carbocycles. The molecule has 0 amide bonds. The highest BCUT2D eigenvalue weighted by Crippen LogP contribution is 2.54. The van der Waals surface area contributed by atoms with Gasteiger partial charge >= 0.3 is 0 Å². The summed E-state index contributed by atoms with van der Waals surface area (Å²) in [6, 6.07) is 0. The molecule has 2 saturated heterocycles. The zero-order valence-electron chi connectivity index (χ0n) is 15.6. The predicted octanol–water partition coefficient (Wildman–Crippen LogP) is 7.65. The zero-order valence-corrected chi connectivity index (χ0v) is 15.6. The highest BCUT2D eigenvalue weighted by atomic mass is 14.3. The van der Waals surface area contributed by atoms with Gasteiger partial charge in [-0.1, -0.05) is 107 Å². The maximum atomic E-state index is 2.78. The fourth-order valence-corrected chi connectivity index (χ4v) is 4.59. The van der Waals surface area contributed by atoms with Gasteiger partial charge in [0.1, 0.15) is 7.28 Å². The van der Waals surface area contributed by atoms with E-state index in [1.54, 1.807) is 0 Å². The lowest BCUT2D eigenvalue weighted by molar-refractivity contribution is 0.325. The van der Waals surface area contributed by atoms with Crippen LogP contribution in [0.4, 0.5) is 0 Å². The number of fused-ring (bicyclic) bond motifs is 2. The Morgan fingerprint density at radius 2 is 1.43 bits per heavy atom. The van der Waals surface area contributed by atoms with Crippen LogP contribution in [0.25, 0.3) is 0 Å². The van der Waals surface area contributed by atoms with Gasteiger partial charge in [-0.05, 0) is 32.1 Å². The van der Waals surface area contributed by atoms with Crippen molar-refractivity contribution in [1.29, 1.82) is 0 Å². The van der Waals surface area contributed by atoms with E-state index >= 15 is 0 Å². The molecule has 1 radical (unpaired) electrons. The summed E-state index contributed by atoms with van der Waals surface area (Å²) in [5.74, 6) is 0.975. The van der Waals surface area contributed by atoms with E-state index in [4.69, 9.17) is 0 Å². The van der Waals surface area contributed by atoms with E-state index in [0.29, 0.717) is 5.31 Å². The number of hydrogen-bond donors (Lipinski definition) is 0. The molecule has 0 nitrogen and oxygen atoms in total. The van der Waals surface area contributed by atoms with Crippen LogP contribution in [-0.4, -0.2) is 7.28 Å². The summed E-state index contributed by atoms with van der Waals surface area (Å²) < 4.78 is 0. The fraction of sp³-hybridized carbons (Fsp3) is 0.818. The standard InChI is InChI=1S/C22H38B/c1-2-3-4-5-6-7-8-9-10-11-12-13-18-22-19-14-16-21(23-22)17-15-20-22/h5-6,9-10,21H,2-4,7-8,11-20H2,1H3/b6-5+,10-9+. The molecule has 2 heterocycles. The molecule has 2 bridgehead atoms. The van der Waals surface area contributed by atoms with Crippen molar-refractivity contribution in [2.45, 2.75) is 114 Å². The van der Waals surface area contributed by atoms with E-state index in [-0.39, 0.29) is 0 Å². The molecule has 23 heavy (non-hydrogen) atoms. The van der Waals surface area contributed by atoms with E-state index in [2.05, 4.69) is 38.5 Å². The molecule has 2 aliphatic heterocycles. The van der Waals surface area contributed by atoms with Gasteiger partial charge in [0.25, 0.3) is 0 Å². The maximum Gasteiger partial charge on any atom is 0.122 e. The van der Waals surface area contributed by atoms with Crippen LogP contribution in [0, 0.1) is 0 Å². The first kappa shape index (κ1) is 18.9. The molecule has 1 heteroatoms. The second kappa shape index (κ2) is 11.2. The minimum atomic E-state index is 0.661. The van der Waals surface area contributed by atoms with Crippen molar-refractivity contribution < 1.29 is 0 Å². The first-order valence-corrected chi connectivity index (χ1v) is 10.5. The lowest BCUT2D eigenvalue weighted by Crippen LogP contribution is -2.32. The van der Waals surface area contributed by atoms with Crippen LogP contribution in [0.3, 0.4) is 0 Å². The van der Waals surface area contributed by atoms with Gasteiger partial charge in [-0.3, -0.25) is 0 Å². The van der Waals surface area contributed by atoms with Crippen LogP contribution >= 0.6 is 0 Å². The number of unbranched alkanes of at least 4 members (excludes halogenated alkanes) is 5. The van der Waals surface area contributed by atoms with Crippen molar-refractivity contribution in [2.75, 3.05) is 0 Å². The Kier molecular flexibility index (Phi) is 9.16. The predicted molar refractivity (Wildman–Crippen MR) is 105 cm³/mol. The largest absolute Gasteiger partial charge is 0.122 e. The highest BCUT2D eigenvalue weighted by Gasteiger charge is 2.39. The van der Waals surface area contributed by atoms with Crippen LogP contribution in [0.5, 0.6) is 0 Å². The second-order valence-corrected chi connectivity index (χ2v) is 7.98. The van der Waals surface area contributed by atoms with Crippen molar-refractivity contribution in [3.8, 4) is 0 Å². The van der Waals surface area contributed by atoms with E-state index in [1.165, 1.54) is 96.3 Å². The number of rotatable bonds is 11. The summed E-state index contributed by atoms with van der Waals surface area (Å²) in [6.45, 7) is 2.26. The van der Waals surface area contributed by atoms with Crippen molar-refractivity contribution >= 4 is 7.28 Å². The van der Waals surface area contributed by atoms with Crippen molar-refractivity contribution in [3.05, 3.63) is 24.3 Å². The van der Waals surface area contributed by atoms with E-state index in [0.717, 1.165) is 5.82 Å². The molecule has 0 aromatic rings. The molecule has 0 aliphatic carbocycles. The third kappa shape index (κ3) is 7.31. The van der Waals surface area contributed by atoms with Gasteiger partial charge in [-0.25, -0.2) is 0 Å². The van der Waals surface area contributed by atoms with Crippen molar-refractivity contribution in [1.82, 2.24) is 0 Å². The Morgan fingerprint density at radius 3 is 2.09 bits per heavy atom. The molecular weight excluding hydrogens is 275 g/mol. The van der Waals surface area contributed by atoms with Crippen LogP contribution < -0.4 is 0 Å². The smallest absolute Gasteiger partial charge is 0.0885 e. The van der Waals surface area contributed by atoms with Crippen LogP contribution in [0.15, 0.2) is 24.3 Å². The first-order valence-electron chi connectivity index (χ1n) is 10.5. The first-order chi connectivity index (χ1) is 11.3. The number of hydrogen-bond acceptors (Lipinski definition) is 0. The summed E-state index contributed by atoms with van der Waals surface area (Å²) in [6.07, 6.45) is 30.4. The van der Waals surface area contributed by atoms with E-state index in [1.807, 2.05) is 0 Å². The Balaban J connectivity index is 1.47. The van der Waals surface area contributed by atoms with E-state index < -0.39 is 0 Å². The molecular formula is C22H38B. The molecule has 0 saturated carbocycles. The summed E-state index contributed by atoms with van der Waals surface area (Å²) in [4.78, 5) is 0. The molecule has 0 N–H and O–H groups in total. The van der Waals surface area contributed by atoms with Crippen LogP contribution in [0.1, 0.15) is 103 Å². The highest BCUT2D eigenvalue weighted by molar-refractivity contribution is 6.42. The topological polar surface area (TPSA) is 0 Å². The molecule has 2 aliphatic rings. The normalized spacial score (nSPS) is 27.6. The van der Waals surface area contributed by atoms with Crippen LogP contribution in [-0.2, 0) is 0 Å². The van der Waals surface area contributed by atoms with Gasteiger partial charge in [0.2, 0.25) is 0 Å². The average molecular weight is 313 g/mol. The van der Waals surface area contributed by atoms with Gasteiger partial charge in [-0.2, -0.15) is 0 Å². The van der Waals surface area contributed by atoms with Gasteiger partial charge < -0.3 is 0 Å². The van der Waals surface area contributed by atoms with Gasteiger partial charge in [0.15, 0.2) is 0 Å². The lowest BCUT2D eigenvalue weighted by atomic mass is 9.35. The lowest BCUT2D eigenvalue weighted by Gasteiger charge is -2.45. The molecule has 0 spiro atoms. The quantitative estimate of drug-likeness (QED) is 0.209. The van der Waals surface area contributed by atoms with Gasteiger partial charge in [0.05, 0.1) is 0 Å². The molecule has 129 valence electrons. The molecule has 2 rings (SSSR count). The second-order valence-electron chi connectivity index (χ2n) is 7.98. The average Bonchev–Trinajstić information content (AvgIpc) is 2.56. The van der Waals surface area contributed by atoms with E-state index in [9.17, 15) is 0 Å². The Hall–Kier alpha value is -0.455.